The quantitative estimate of drug-likeness (QED) is 0.125. The maximum atomic E-state index is 12.1. The summed E-state index contributed by atoms with van der Waals surface area (Å²) in [4.78, 5) is 17.7. The summed E-state index contributed by atoms with van der Waals surface area (Å²) in [6, 6.07) is 19.9. The third kappa shape index (κ3) is 9.01. The third-order valence-corrected chi connectivity index (χ3v) is 5.18. The van der Waals surface area contributed by atoms with Gasteiger partial charge in [-0.2, -0.15) is 5.10 Å². The van der Waals surface area contributed by atoms with Crippen LogP contribution in [0, 0.1) is 0 Å². The number of carbonyl (C=O) groups excluding carboxylic acids is 1. The molecule has 0 fully saturated rings. The first-order chi connectivity index (χ1) is 14.7. The highest BCUT2D eigenvalue weighted by molar-refractivity contribution is 14.0. The van der Waals surface area contributed by atoms with E-state index in [1.165, 1.54) is 4.90 Å². The summed E-state index contributed by atoms with van der Waals surface area (Å²) in [7, 11) is 1.76. The van der Waals surface area contributed by atoms with Gasteiger partial charge in [-0.1, -0.05) is 30.3 Å². The molecule has 0 aliphatic heterocycles. The molecular weight excluding hydrogens is 523 g/mol. The van der Waals surface area contributed by atoms with Gasteiger partial charge in [-0.05, 0) is 35.9 Å². The van der Waals surface area contributed by atoms with Crippen LogP contribution in [0.2, 0.25) is 0 Å². The summed E-state index contributed by atoms with van der Waals surface area (Å²) in [6.07, 6.45) is 3.41. The fourth-order valence-corrected chi connectivity index (χ4v) is 3.55. The molecule has 9 heteroatoms. The van der Waals surface area contributed by atoms with Crippen LogP contribution in [-0.4, -0.2) is 41.0 Å². The number of guanidine groups is 1. The topological polar surface area (TPSA) is 83.3 Å². The van der Waals surface area contributed by atoms with E-state index in [9.17, 15) is 4.79 Å². The zero-order chi connectivity index (χ0) is 21.0. The Labute approximate surface area is 204 Å². The van der Waals surface area contributed by atoms with Crippen LogP contribution in [0.15, 0.2) is 82.9 Å². The largest absolute Gasteiger partial charge is 0.356 e. The number of aliphatic imine (C=N–C) groups is 1. The van der Waals surface area contributed by atoms with E-state index in [1.54, 1.807) is 42.0 Å². The van der Waals surface area contributed by atoms with Crippen LogP contribution < -0.4 is 16.0 Å². The van der Waals surface area contributed by atoms with Crippen LogP contribution in [0.5, 0.6) is 0 Å². The average molecular weight is 550 g/mol. The number of thioether (sulfide) groups is 1. The van der Waals surface area contributed by atoms with E-state index in [0.717, 1.165) is 29.5 Å². The average Bonchev–Trinajstić information content (AvgIpc) is 3.27. The highest BCUT2D eigenvalue weighted by Crippen LogP contribution is 2.15. The Morgan fingerprint density at radius 2 is 1.94 bits per heavy atom. The third-order valence-electron chi connectivity index (χ3n) is 4.17. The van der Waals surface area contributed by atoms with Crippen molar-refractivity contribution in [1.82, 2.24) is 20.4 Å². The summed E-state index contributed by atoms with van der Waals surface area (Å²) in [6.45, 7) is 1.60. The predicted octanol–water partition coefficient (Wildman–Crippen LogP) is 3.60. The molecule has 3 rings (SSSR count). The number of halogens is 1. The van der Waals surface area contributed by atoms with Crippen LogP contribution >= 0.6 is 35.7 Å². The van der Waals surface area contributed by atoms with Crippen molar-refractivity contribution < 1.29 is 4.79 Å². The minimum Gasteiger partial charge on any atom is -0.356 e. The Bertz CT molecular complexity index is 950. The maximum Gasteiger partial charge on any atom is 0.246 e. The molecule has 7 nitrogen and oxygen atoms in total. The maximum absolute atomic E-state index is 12.1. The first kappa shape index (κ1) is 24.7. The van der Waals surface area contributed by atoms with E-state index in [0.29, 0.717) is 6.54 Å². The van der Waals surface area contributed by atoms with Crippen molar-refractivity contribution in [3.63, 3.8) is 0 Å². The summed E-state index contributed by atoms with van der Waals surface area (Å²) < 4.78 is 1.59. The zero-order valence-corrected chi connectivity index (χ0v) is 20.5. The van der Waals surface area contributed by atoms with Crippen molar-refractivity contribution in [1.29, 1.82) is 0 Å². The van der Waals surface area contributed by atoms with Crippen molar-refractivity contribution >= 4 is 53.3 Å². The van der Waals surface area contributed by atoms with Crippen molar-refractivity contribution in [2.45, 2.75) is 18.0 Å². The molecule has 0 radical (unpaired) electrons. The van der Waals surface area contributed by atoms with Gasteiger partial charge in [0.15, 0.2) is 5.96 Å². The predicted molar refractivity (Wildman–Crippen MR) is 138 cm³/mol. The molecule has 1 aromatic heterocycles. The van der Waals surface area contributed by atoms with Gasteiger partial charge < -0.3 is 16.0 Å². The number of rotatable bonds is 9. The second kappa shape index (κ2) is 13.7. The normalized spacial score (nSPS) is 10.8. The molecule has 2 aromatic carbocycles. The lowest BCUT2D eigenvalue weighted by Crippen LogP contribution is -2.37. The van der Waals surface area contributed by atoms with Crippen LogP contribution in [0.25, 0.3) is 0 Å². The lowest BCUT2D eigenvalue weighted by Gasteiger charge is -2.13. The SMILES string of the molecule is CN=C(NCCSc1ccccc1)NCc1cccc(NC(=O)Cn2cccn2)c1.I. The van der Waals surface area contributed by atoms with Crippen LogP contribution in [0.3, 0.4) is 0 Å². The molecule has 31 heavy (non-hydrogen) atoms. The number of carbonyl (C=O) groups is 1. The number of amides is 1. The molecule has 0 saturated heterocycles. The second-order valence-electron chi connectivity index (χ2n) is 6.47. The summed E-state index contributed by atoms with van der Waals surface area (Å²) in [5, 5.41) is 13.6. The van der Waals surface area contributed by atoms with Crippen molar-refractivity contribution in [3.05, 3.63) is 78.6 Å². The highest BCUT2D eigenvalue weighted by atomic mass is 127. The number of nitrogens with zero attached hydrogens (tertiary/aromatic N) is 3. The molecule has 1 amide bonds. The van der Waals surface area contributed by atoms with Crippen LogP contribution in [0.1, 0.15) is 5.56 Å². The van der Waals surface area contributed by atoms with Crippen molar-refractivity contribution in [2.24, 2.45) is 4.99 Å². The fraction of sp³-hybridized carbons (Fsp3) is 0.227. The minimum absolute atomic E-state index is 0. The highest BCUT2D eigenvalue weighted by Gasteiger charge is 2.05. The first-order valence-corrected chi connectivity index (χ1v) is 10.7. The van der Waals surface area contributed by atoms with Crippen LogP contribution in [-0.2, 0) is 17.9 Å². The molecule has 0 spiro atoms. The van der Waals surface area contributed by atoms with Gasteiger partial charge >= 0.3 is 0 Å². The number of aromatic nitrogens is 2. The van der Waals surface area contributed by atoms with Crippen molar-refractivity contribution in [2.75, 3.05) is 24.7 Å². The van der Waals surface area contributed by atoms with E-state index >= 15 is 0 Å². The standard InChI is InChI=1S/C22H26N6OS.HI/c1-23-22(24-12-14-30-20-9-3-2-4-10-20)25-16-18-7-5-8-19(15-18)27-21(29)17-28-13-6-11-26-28;/h2-11,13,15H,12,14,16-17H2,1H3,(H,27,29)(H2,23,24,25);1H. The molecule has 0 aliphatic carbocycles. The van der Waals surface area contributed by atoms with Gasteiger partial charge in [0.25, 0.3) is 0 Å². The lowest BCUT2D eigenvalue weighted by atomic mass is 10.2. The molecule has 1 heterocycles. The second-order valence-corrected chi connectivity index (χ2v) is 7.63. The summed E-state index contributed by atoms with van der Waals surface area (Å²) in [5.41, 5.74) is 1.81. The van der Waals surface area contributed by atoms with E-state index in [4.69, 9.17) is 0 Å². The number of anilines is 1. The number of benzene rings is 2. The van der Waals surface area contributed by atoms with Gasteiger partial charge in [0.05, 0.1) is 0 Å². The van der Waals surface area contributed by atoms with E-state index < -0.39 is 0 Å². The number of hydrogen-bond acceptors (Lipinski definition) is 4. The van der Waals surface area contributed by atoms with Crippen molar-refractivity contribution in [3.8, 4) is 0 Å². The molecule has 0 atom stereocenters. The monoisotopic (exact) mass is 550 g/mol. The zero-order valence-electron chi connectivity index (χ0n) is 17.3. The van der Waals surface area contributed by atoms with E-state index in [2.05, 4.69) is 38.2 Å². The Hall–Kier alpha value is -2.53. The Morgan fingerprint density at radius 1 is 1.10 bits per heavy atom. The Morgan fingerprint density at radius 3 is 2.68 bits per heavy atom. The Balaban J connectivity index is 0.00000341. The van der Waals surface area contributed by atoms with Gasteiger partial charge in [-0.15, -0.1) is 35.7 Å². The van der Waals surface area contributed by atoms with Gasteiger partial charge in [0, 0.05) is 48.9 Å². The molecule has 0 bridgehead atoms. The minimum atomic E-state index is -0.114. The number of hydrogen-bond donors (Lipinski definition) is 3. The van der Waals surface area contributed by atoms with Crippen LogP contribution in [0.4, 0.5) is 5.69 Å². The summed E-state index contributed by atoms with van der Waals surface area (Å²) >= 11 is 1.80. The molecule has 3 aromatic rings. The first-order valence-electron chi connectivity index (χ1n) is 9.71. The van der Waals surface area contributed by atoms with Gasteiger partial charge in [0.1, 0.15) is 6.54 Å². The number of nitrogens with one attached hydrogen (secondary N) is 3. The molecule has 164 valence electrons. The molecule has 0 aliphatic rings. The van der Waals surface area contributed by atoms with Gasteiger partial charge in [-0.25, -0.2) is 0 Å². The smallest absolute Gasteiger partial charge is 0.246 e. The summed E-state index contributed by atoms with van der Waals surface area (Å²) in [5.74, 6) is 1.58. The molecular formula is C22H27IN6OS. The Kier molecular flexibility index (Phi) is 10.9. The van der Waals surface area contributed by atoms with E-state index in [-0.39, 0.29) is 36.4 Å². The lowest BCUT2D eigenvalue weighted by molar-refractivity contribution is -0.116. The fourth-order valence-electron chi connectivity index (χ4n) is 2.76. The van der Waals surface area contributed by atoms with Gasteiger partial charge in [-0.3, -0.25) is 14.5 Å². The van der Waals surface area contributed by atoms with Gasteiger partial charge in [0.2, 0.25) is 5.91 Å². The molecule has 0 saturated carbocycles. The molecule has 3 N–H and O–H groups in total. The molecule has 0 unspecified atom stereocenters. The van der Waals surface area contributed by atoms with E-state index in [1.807, 2.05) is 42.5 Å².